The minimum Gasteiger partial charge on any atom is -0.507 e. The fourth-order valence-electron chi connectivity index (χ4n) is 4.55. The van der Waals surface area contributed by atoms with Crippen molar-refractivity contribution in [3.8, 4) is 17.2 Å². The molecule has 0 spiro atoms. The number of ether oxygens (including phenoxy) is 1. The van der Waals surface area contributed by atoms with Gasteiger partial charge in [0.25, 0.3) is 5.91 Å². The van der Waals surface area contributed by atoms with Crippen molar-refractivity contribution in [1.82, 2.24) is 0 Å². The van der Waals surface area contributed by atoms with Gasteiger partial charge in [0.05, 0.1) is 12.2 Å². The summed E-state index contributed by atoms with van der Waals surface area (Å²) < 4.78 is 6.26. The number of phenols is 2. The summed E-state index contributed by atoms with van der Waals surface area (Å²) in [4.78, 5) is 12.1. The van der Waals surface area contributed by atoms with Gasteiger partial charge in [-0.25, -0.2) is 0 Å². The largest absolute Gasteiger partial charge is 0.507 e. The van der Waals surface area contributed by atoms with Crippen LogP contribution in [0, 0.1) is 0 Å². The van der Waals surface area contributed by atoms with Crippen LogP contribution in [0.25, 0.3) is 10.8 Å². The quantitative estimate of drug-likeness (QED) is 0.196. The van der Waals surface area contributed by atoms with E-state index in [4.69, 9.17) is 10.5 Å². The predicted molar refractivity (Wildman–Crippen MR) is 147 cm³/mol. The van der Waals surface area contributed by atoms with E-state index in [1.165, 1.54) is 11.1 Å². The van der Waals surface area contributed by atoms with E-state index < -0.39 is 5.91 Å². The van der Waals surface area contributed by atoms with Crippen LogP contribution in [0.3, 0.4) is 0 Å². The summed E-state index contributed by atoms with van der Waals surface area (Å²) in [5.74, 6) is -0.0224. The molecule has 0 atom stereocenters. The molecule has 3 rings (SSSR count). The average Bonchev–Trinajstić information content (AvgIpc) is 2.86. The fraction of sp³-hybridized carbons (Fsp3) is 0.452. The lowest BCUT2D eigenvalue weighted by molar-refractivity contribution is 0.0996. The number of rotatable bonds is 11. The first kappa shape index (κ1) is 27.4. The molecule has 0 aliphatic rings. The van der Waals surface area contributed by atoms with Crippen LogP contribution in [0.2, 0.25) is 0 Å². The third-order valence-corrected chi connectivity index (χ3v) is 7.84. The summed E-state index contributed by atoms with van der Waals surface area (Å²) in [6.07, 6.45) is 3.85. The molecule has 1 amide bonds. The smallest absolute Gasteiger partial charge is 0.252 e. The SMILES string of the molecule is CCC(C)(C)c1ccc(OCCCCc2c(C(N)=O)c(O)c3ccccc3c2O)c(C(C)(C)CC)c1. The van der Waals surface area contributed by atoms with Crippen LogP contribution in [0.15, 0.2) is 42.5 Å². The van der Waals surface area contributed by atoms with Gasteiger partial charge in [-0.2, -0.15) is 0 Å². The first-order valence-electron chi connectivity index (χ1n) is 13.0. The maximum atomic E-state index is 12.1. The van der Waals surface area contributed by atoms with Gasteiger partial charge in [0.1, 0.15) is 17.2 Å². The lowest BCUT2D eigenvalue weighted by Gasteiger charge is -2.30. The molecule has 0 bridgehead atoms. The van der Waals surface area contributed by atoms with E-state index in [0.717, 1.165) is 25.0 Å². The molecule has 5 heteroatoms. The first-order valence-corrected chi connectivity index (χ1v) is 13.0. The fourth-order valence-corrected chi connectivity index (χ4v) is 4.55. The molecule has 3 aromatic rings. The van der Waals surface area contributed by atoms with Gasteiger partial charge in [-0.05, 0) is 54.6 Å². The molecule has 0 saturated carbocycles. The third kappa shape index (κ3) is 5.45. The summed E-state index contributed by atoms with van der Waals surface area (Å²) in [5, 5.41) is 22.4. The Kier molecular flexibility index (Phi) is 8.22. The van der Waals surface area contributed by atoms with Crippen molar-refractivity contribution in [1.29, 1.82) is 0 Å². The van der Waals surface area contributed by atoms with Crippen molar-refractivity contribution in [2.45, 2.75) is 84.5 Å². The number of amides is 1. The highest BCUT2D eigenvalue weighted by atomic mass is 16.5. The molecule has 194 valence electrons. The van der Waals surface area contributed by atoms with Gasteiger partial charge in [0.2, 0.25) is 0 Å². The van der Waals surface area contributed by atoms with E-state index in [0.29, 0.717) is 35.8 Å². The van der Waals surface area contributed by atoms with Gasteiger partial charge >= 0.3 is 0 Å². The summed E-state index contributed by atoms with van der Waals surface area (Å²) in [6, 6.07) is 13.5. The van der Waals surface area contributed by atoms with E-state index in [-0.39, 0.29) is 27.9 Å². The van der Waals surface area contributed by atoms with E-state index in [1.807, 2.05) is 0 Å². The van der Waals surface area contributed by atoms with Gasteiger partial charge in [0.15, 0.2) is 0 Å². The molecule has 0 aliphatic carbocycles. The van der Waals surface area contributed by atoms with Gasteiger partial charge in [-0.3, -0.25) is 4.79 Å². The normalized spacial score (nSPS) is 12.2. The van der Waals surface area contributed by atoms with Crippen molar-refractivity contribution in [2.75, 3.05) is 6.61 Å². The van der Waals surface area contributed by atoms with Gasteiger partial charge in [-0.1, -0.05) is 77.9 Å². The maximum Gasteiger partial charge on any atom is 0.252 e. The Bertz CT molecular complexity index is 1240. The number of benzene rings is 3. The van der Waals surface area contributed by atoms with Gasteiger partial charge < -0.3 is 20.7 Å². The van der Waals surface area contributed by atoms with Crippen LogP contribution < -0.4 is 10.5 Å². The number of carbonyl (C=O) groups excluding carboxylic acids is 1. The van der Waals surface area contributed by atoms with Crippen molar-refractivity contribution >= 4 is 16.7 Å². The van der Waals surface area contributed by atoms with Crippen LogP contribution >= 0.6 is 0 Å². The molecule has 0 aliphatic heterocycles. The minimum absolute atomic E-state index is 0.000715. The molecule has 3 aromatic carbocycles. The Morgan fingerprint density at radius 1 is 0.889 bits per heavy atom. The zero-order valence-corrected chi connectivity index (χ0v) is 22.6. The van der Waals surface area contributed by atoms with Crippen LogP contribution in [0.4, 0.5) is 0 Å². The number of primary amides is 1. The summed E-state index contributed by atoms with van der Waals surface area (Å²) in [6.45, 7) is 14.0. The predicted octanol–water partition coefficient (Wildman–Crippen LogP) is 7.13. The molecule has 4 N–H and O–H groups in total. The topological polar surface area (TPSA) is 92.8 Å². The highest BCUT2D eigenvalue weighted by molar-refractivity contribution is 6.07. The van der Waals surface area contributed by atoms with Crippen LogP contribution in [-0.4, -0.2) is 22.7 Å². The molecule has 0 unspecified atom stereocenters. The lowest BCUT2D eigenvalue weighted by Crippen LogP contribution is -2.21. The van der Waals surface area contributed by atoms with E-state index >= 15 is 0 Å². The highest BCUT2D eigenvalue weighted by Gasteiger charge is 2.27. The number of hydrogen-bond acceptors (Lipinski definition) is 4. The highest BCUT2D eigenvalue weighted by Crippen LogP contribution is 2.41. The average molecular weight is 492 g/mol. The minimum atomic E-state index is -0.749. The van der Waals surface area contributed by atoms with E-state index in [1.54, 1.807) is 24.3 Å². The molecule has 0 aromatic heterocycles. The number of nitrogens with two attached hydrogens (primary N) is 1. The Labute approximate surface area is 215 Å². The summed E-state index contributed by atoms with van der Waals surface area (Å²) in [5.41, 5.74) is 8.58. The summed E-state index contributed by atoms with van der Waals surface area (Å²) >= 11 is 0. The monoisotopic (exact) mass is 491 g/mol. The number of aromatic hydroxyl groups is 2. The molecule has 0 saturated heterocycles. The van der Waals surface area contributed by atoms with Crippen LogP contribution in [0.5, 0.6) is 17.2 Å². The lowest BCUT2D eigenvalue weighted by atomic mass is 9.76. The zero-order chi connectivity index (χ0) is 26.7. The van der Waals surface area contributed by atoms with Crippen LogP contribution in [0.1, 0.15) is 94.3 Å². The second-order valence-electron chi connectivity index (χ2n) is 11.0. The zero-order valence-electron chi connectivity index (χ0n) is 22.6. The summed E-state index contributed by atoms with van der Waals surface area (Å²) in [7, 11) is 0. The molecule has 0 radical (unpaired) electrons. The number of fused-ring (bicyclic) bond motifs is 1. The van der Waals surface area contributed by atoms with Crippen molar-refractivity contribution in [2.24, 2.45) is 5.73 Å². The number of hydrogen-bond donors (Lipinski definition) is 3. The van der Waals surface area contributed by atoms with Gasteiger partial charge in [-0.15, -0.1) is 0 Å². The Morgan fingerprint density at radius 2 is 1.50 bits per heavy atom. The number of unbranched alkanes of at least 4 members (excludes halogenated alkanes) is 1. The Morgan fingerprint density at radius 3 is 2.08 bits per heavy atom. The molecule has 0 fully saturated rings. The van der Waals surface area contributed by atoms with E-state index in [9.17, 15) is 15.0 Å². The van der Waals surface area contributed by atoms with Crippen molar-refractivity contribution in [3.63, 3.8) is 0 Å². The van der Waals surface area contributed by atoms with Crippen LogP contribution in [-0.2, 0) is 17.3 Å². The standard InChI is InChI=1S/C31H41NO4/c1-7-30(3,4)20-16-17-25(24(19-20)31(5,6)8-2)36-18-12-11-15-23-26(29(32)35)28(34)22-14-10-9-13-21(22)27(23)33/h9-10,13-14,16-17,19,33-34H,7-8,11-12,15,18H2,1-6H3,(H2,32,35). The van der Waals surface area contributed by atoms with Crippen molar-refractivity contribution < 1.29 is 19.7 Å². The van der Waals surface area contributed by atoms with Gasteiger partial charge in [0, 0.05) is 21.9 Å². The number of carbonyl (C=O) groups is 1. The van der Waals surface area contributed by atoms with E-state index in [2.05, 4.69) is 59.7 Å². The Balaban J connectivity index is 1.76. The Hall–Kier alpha value is -3.21. The molecular weight excluding hydrogens is 450 g/mol. The first-order chi connectivity index (χ1) is 16.9. The second-order valence-corrected chi connectivity index (χ2v) is 11.0. The molecular formula is C31H41NO4. The van der Waals surface area contributed by atoms with Crippen molar-refractivity contribution in [3.05, 3.63) is 64.7 Å². The maximum absolute atomic E-state index is 12.1. The number of phenolic OH excluding ortho intramolecular Hbond substituents is 1. The second kappa shape index (κ2) is 10.8. The molecule has 36 heavy (non-hydrogen) atoms. The molecule has 5 nitrogen and oxygen atoms in total. The molecule has 0 heterocycles. The third-order valence-electron chi connectivity index (χ3n) is 7.84.